The van der Waals surface area contributed by atoms with Crippen molar-refractivity contribution in [3.63, 3.8) is 0 Å². The fraction of sp³-hybridized carbons (Fsp3) is 0.167. The Hall–Kier alpha value is -2.22. The largest absolute Gasteiger partial charge is 0.486 e. The monoisotopic (exact) mass is 407 g/mol. The Labute approximate surface area is 163 Å². The number of ketones is 1. The van der Waals surface area contributed by atoms with Gasteiger partial charge in [0, 0.05) is 5.38 Å². The summed E-state index contributed by atoms with van der Waals surface area (Å²) in [5, 5.41) is 2.23. The summed E-state index contributed by atoms with van der Waals surface area (Å²) in [6.07, 6.45) is 0. The highest BCUT2D eigenvalue weighted by Crippen LogP contribution is 2.22. The zero-order valence-electron chi connectivity index (χ0n) is 13.7. The number of hydrogen-bond acceptors (Lipinski definition) is 7. The Morgan fingerprint density at radius 1 is 1.15 bits per heavy atom. The molecule has 0 unspecified atom stereocenters. The molecule has 0 aliphatic heterocycles. The van der Waals surface area contributed by atoms with E-state index in [1.54, 1.807) is 17.5 Å². The number of carbonyl (C=O) groups excluding carboxylic acids is 2. The molecule has 0 aliphatic carbocycles. The predicted octanol–water partition coefficient (Wildman–Crippen LogP) is 4.79. The minimum absolute atomic E-state index is 0.162. The number of Topliss-reactive ketones (excluding diaryl/α,β-unsaturated/α-hetero) is 1. The fourth-order valence-corrected chi connectivity index (χ4v) is 3.63. The molecule has 0 atom stereocenters. The van der Waals surface area contributed by atoms with Crippen LogP contribution in [0.1, 0.15) is 30.7 Å². The lowest BCUT2D eigenvalue weighted by atomic mass is 10.2. The minimum Gasteiger partial charge on any atom is -0.486 e. The van der Waals surface area contributed by atoms with Gasteiger partial charge in [-0.3, -0.25) is 4.79 Å². The van der Waals surface area contributed by atoms with E-state index in [9.17, 15) is 9.59 Å². The van der Waals surface area contributed by atoms with E-state index < -0.39 is 5.97 Å². The molecule has 0 saturated carbocycles. The van der Waals surface area contributed by atoms with Gasteiger partial charge in [-0.2, -0.15) is 0 Å². The van der Waals surface area contributed by atoms with Gasteiger partial charge in [-0.25, -0.2) is 9.78 Å². The van der Waals surface area contributed by atoms with E-state index >= 15 is 0 Å². The lowest BCUT2D eigenvalue weighted by Crippen LogP contribution is -2.13. The third-order valence-electron chi connectivity index (χ3n) is 3.33. The van der Waals surface area contributed by atoms with Crippen LogP contribution in [0.2, 0.25) is 4.34 Å². The van der Waals surface area contributed by atoms with Crippen molar-refractivity contribution < 1.29 is 19.1 Å². The first-order valence-corrected chi connectivity index (χ1v) is 9.68. The number of thiophene rings is 1. The predicted molar refractivity (Wildman–Crippen MR) is 102 cm³/mol. The third-order valence-corrected chi connectivity index (χ3v) is 5.42. The second-order valence-corrected chi connectivity index (χ2v) is 7.99. The average Bonchev–Trinajstić information content (AvgIpc) is 3.28. The SMILES string of the molecule is Cc1ccc(OCc2nc(C(=O)OCC(=O)c3ccc(Cl)s3)cs2)cc1. The van der Waals surface area contributed by atoms with Crippen LogP contribution >= 0.6 is 34.3 Å². The van der Waals surface area contributed by atoms with Crippen LogP contribution < -0.4 is 4.74 Å². The Balaban J connectivity index is 1.51. The quantitative estimate of drug-likeness (QED) is 0.416. The molecular formula is C18H14ClNO4S2. The van der Waals surface area contributed by atoms with E-state index in [1.807, 2.05) is 31.2 Å². The first kappa shape index (κ1) is 18.6. The van der Waals surface area contributed by atoms with E-state index in [2.05, 4.69) is 4.98 Å². The standard InChI is InChI=1S/C18H14ClNO4S2/c1-11-2-4-12(5-3-11)23-9-17-20-13(10-25-17)18(22)24-8-14(21)15-6-7-16(19)26-15/h2-7,10H,8-9H2,1H3. The van der Waals surface area contributed by atoms with E-state index in [1.165, 1.54) is 11.3 Å². The van der Waals surface area contributed by atoms with E-state index in [-0.39, 0.29) is 24.7 Å². The van der Waals surface area contributed by atoms with Crippen LogP contribution in [0.5, 0.6) is 5.75 Å². The third kappa shape index (κ3) is 4.91. The van der Waals surface area contributed by atoms with Gasteiger partial charge in [0.1, 0.15) is 17.4 Å². The van der Waals surface area contributed by atoms with Crippen molar-refractivity contribution in [2.24, 2.45) is 0 Å². The summed E-state index contributed by atoms with van der Waals surface area (Å²) in [7, 11) is 0. The number of ether oxygens (including phenoxy) is 2. The number of thiazole rings is 1. The van der Waals surface area contributed by atoms with Gasteiger partial charge in [0.05, 0.1) is 9.21 Å². The van der Waals surface area contributed by atoms with Crippen molar-refractivity contribution >= 4 is 46.0 Å². The highest BCUT2D eigenvalue weighted by atomic mass is 35.5. The molecule has 0 spiro atoms. The summed E-state index contributed by atoms with van der Waals surface area (Å²) < 4.78 is 11.2. The summed E-state index contributed by atoms with van der Waals surface area (Å²) in [5.74, 6) is -0.206. The van der Waals surface area contributed by atoms with Gasteiger partial charge in [-0.05, 0) is 31.2 Å². The maximum absolute atomic E-state index is 12.0. The van der Waals surface area contributed by atoms with Crippen molar-refractivity contribution in [1.82, 2.24) is 4.98 Å². The molecule has 3 rings (SSSR count). The number of nitrogens with zero attached hydrogens (tertiary/aromatic N) is 1. The van der Waals surface area contributed by atoms with Gasteiger partial charge in [0.25, 0.3) is 0 Å². The Morgan fingerprint density at radius 3 is 2.62 bits per heavy atom. The first-order chi connectivity index (χ1) is 12.5. The van der Waals surface area contributed by atoms with Crippen LogP contribution in [0, 0.1) is 6.92 Å². The zero-order valence-corrected chi connectivity index (χ0v) is 16.1. The maximum Gasteiger partial charge on any atom is 0.358 e. The molecule has 26 heavy (non-hydrogen) atoms. The maximum atomic E-state index is 12.0. The van der Waals surface area contributed by atoms with Gasteiger partial charge in [0.2, 0.25) is 5.78 Å². The van der Waals surface area contributed by atoms with Gasteiger partial charge in [0.15, 0.2) is 12.3 Å². The van der Waals surface area contributed by atoms with Crippen LogP contribution in [-0.2, 0) is 11.3 Å². The van der Waals surface area contributed by atoms with Crippen molar-refractivity contribution in [2.75, 3.05) is 6.61 Å². The molecule has 3 aromatic rings. The number of aryl methyl sites for hydroxylation is 1. The summed E-state index contributed by atoms with van der Waals surface area (Å²) in [6.45, 7) is 1.91. The van der Waals surface area contributed by atoms with Crippen molar-refractivity contribution in [3.8, 4) is 5.75 Å². The molecule has 134 valence electrons. The van der Waals surface area contributed by atoms with Crippen LogP contribution in [0.25, 0.3) is 0 Å². The van der Waals surface area contributed by atoms with E-state index in [0.717, 1.165) is 22.6 Å². The Kier molecular flexibility index (Phi) is 6.03. The molecule has 0 aliphatic rings. The topological polar surface area (TPSA) is 65.5 Å². The second-order valence-electron chi connectivity index (χ2n) is 5.33. The molecule has 0 amide bonds. The molecule has 0 bridgehead atoms. The summed E-state index contributed by atoms with van der Waals surface area (Å²) >= 11 is 8.23. The molecular weight excluding hydrogens is 394 g/mol. The summed E-state index contributed by atoms with van der Waals surface area (Å²) in [5.41, 5.74) is 1.31. The number of aromatic nitrogens is 1. The molecule has 0 fully saturated rings. The molecule has 0 radical (unpaired) electrons. The van der Waals surface area contributed by atoms with Gasteiger partial charge in [-0.15, -0.1) is 22.7 Å². The van der Waals surface area contributed by atoms with Gasteiger partial charge in [-0.1, -0.05) is 29.3 Å². The number of carbonyl (C=O) groups is 2. The van der Waals surface area contributed by atoms with E-state index in [0.29, 0.717) is 14.2 Å². The Bertz CT molecular complexity index is 917. The first-order valence-electron chi connectivity index (χ1n) is 7.61. The lowest BCUT2D eigenvalue weighted by Gasteiger charge is -2.04. The highest BCUT2D eigenvalue weighted by Gasteiger charge is 2.16. The van der Waals surface area contributed by atoms with Crippen molar-refractivity contribution in [1.29, 1.82) is 0 Å². The zero-order chi connectivity index (χ0) is 18.5. The van der Waals surface area contributed by atoms with Crippen LogP contribution in [0.15, 0.2) is 41.8 Å². The van der Waals surface area contributed by atoms with Gasteiger partial charge < -0.3 is 9.47 Å². The average molecular weight is 408 g/mol. The molecule has 2 aromatic heterocycles. The van der Waals surface area contributed by atoms with Crippen LogP contribution in [0.3, 0.4) is 0 Å². The second kappa shape index (κ2) is 8.44. The van der Waals surface area contributed by atoms with Gasteiger partial charge >= 0.3 is 5.97 Å². The number of esters is 1. The van der Waals surface area contributed by atoms with Crippen molar-refractivity contribution in [2.45, 2.75) is 13.5 Å². The molecule has 5 nitrogen and oxygen atoms in total. The molecule has 8 heteroatoms. The number of hydrogen-bond donors (Lipinski definition) is 0. The number of halogens is 1. The van der Waals surface area contributed by atoms with E-state index in [4.69, 9.17) is 21.1 Å². The highest BCUT2D eigenvalue weighted by molar-refractivity contribution is 7.18. The summed E-state index contributed by atoms with van der Waals surface area (Å²) in [6, 6.07) is 10.9. The molecule has 2 heterocycles. The fourth-order valence-electron chi connectivity index (χ4n) is 1.99. The normalized spacial score (nSPS) is 10.5. The van der Waals surface area contributed by atoms with Crippen LogP contribution in [0.4, 0.5) is 0 Å². The Morgan fingerprint density at radius 2 is 1.92 bits per heavy atom. The van der Waals surface area contributed by atoms with Crippen LogP contribution in [-0.4, -0.2) is 23.3 Å². The molecule has 0 N–H and O–H groups in total. The summed E-state index contributed by atoms with van der Waals surface area (Å²) in [4.78, 5) is 28.6. The molecule has 0 saturated heterocycles. The number of benzene rings is 1. The smallest absolute Gasteiger partial charge is 0.358 e. The lowest BCUT2D eigenvalue weighted by molar-refractivity contribution is 0.0470. The minimum atomic E-state index is -0.640. The van der Waals surface area contributed by atoms with Crippen molar-refractivity contribution in [3.05, 3.63) is 67.3 Å². The number of rotatable bonds is 7. The molecule has 1 aromatic carbocycles.